The smallest absolute Gasteiger partial charge is 0.316 e. The summed E-state index contributed by atoms with van der Waals surface area (Å²) in [6, 6.07) is 6.12. The Labute approximate surface area is 118 Å². The summed E-state index contributed by atoms with van der Waals surface area (Å²) < 4.78 is 0. The monoisotopic (exact) mass is 276 g/mol. The lowest BCUT2D eigenvalue weighted by Crippen LogP contribution is -2.45. The van der Waals surface area contributed by atoms with Crippen molar-refractivity contribution in [2.75, 3.05) is 17.2 Å². The molecule has 1 aliphatic rings. The Morgan fingerprint density at radius 1 is 1.30 bits per heavy atom. The molecule has 1 aromatic carbocycles. The molecule has 2 atom stereocenters. The fraction of sp³-hybridized carbons (Fsp3) is 0.429. The molecule has 3 amide bonds. The summed E-state index contributed by atoms with van der Waals surface area (Å²) >= 11 is 0. The van der Waals surface area contributed by atoms with Crippen LogP contribution in [0, 0.1) is 5.92 Å². The minimum atomic E-state index is -0.628. The summed E-state index contributed by atoms with van der Waals surface area (Å²) in [6.07, 6.45) is 1.94. The van der Waals surface area contributed by atoms with E-state index in [2.05, 4.69) is 22.9 Å². The van der Waals surface area contributed by atoms with E-state index in [1.165, 1.54) is 0 Å². The number of carbonyl (C=O) groups is 2. The highest BCUT2D eigenvalue weighted by Gasteiger charge is 2.24. The van der Waals surface area contributed by atoms with Crippen molar-refractivity contribution in [3.05, 3.63) is 24.3 Å². The molecule has 0 spiro atoms. The molecule has 5 N–H and O–H groups in total. The number of benzene rings is 1. The maximum Gasteiger partial charge on any atom is 0.316 e. The summed E-state index contributed by atoms with van der Waals surface area (Å²) in [5, 5.41) is 8.54. The molecule has 1 aliphatic heterocycles. The standard InChI is InChI=1S/C14H20N4O2/c1-9-5-6-16-12(7-9)13(19)17-10-3-2-4-11(8-10)18-14(15)20/h2-4,8-9,12,16H,5-7H2,1H3,(H,17,19)(H3,15,18,20). The van der Waals surface area contributed by atoms with Gasteiger partial charge in [-0.3, -0.25) is 4.79 Å². The number of nitrogens with two attached hydrogens (primary N) is 1. The first-order valence-corrected chi connectivity index (χ1v) is 6.75. The number of hydrogen-bond acceptors (Lipinski definition) is 3. The van der Waals surface area contributed by atoms with E-state index in [1.54, 1.807) is 24.3 Å². The highest BCUT2D eigenvalue weighted by molar-refractivity contribution is 5.96. The van der Waals surface area contributed by atoms with Crippen LogP contribution in [0.15, 0.2) is 24.3 Å². The van der Waals surface area contributed by atoms with Crippen molar-refractivity contribution in [2.45, 2.75) is 25.8 Å². The maximum absolute atomic E-state index is 12.2. The Morgan fingerprint density at radius 3 is 2.65 bits per heavy atom. The second kappa shape index (κ2) is 6.38. The molecule has 2 unspecified atom stereocenters. The van der Waals surface area contributed by atoms with E-state index in [0.717, 1.165) is 19.4 Å². The molecule has 2 rings (SSSR count). The zero-order chi connectivity index (χ0) is 14.5. The molecule has 6 heteroatoms. The molecule has 0 bridgehead atoms. The molecule has 20 heavy (non-hydrogen) atoms. The van der Waals surface area contributed by atoms with Gasteiger partial charge in [-0.15, -0.1) is 0 Å². The Morgan fingerprint density at radius 2 is 2.00 bits per heavy atom. The molecular weight excluding hydrogens is 256 g/mol. The van der Waals surface area contributed by atoms with Crippen LogP contribution >= 0.6 is 0 Å². The van der Waals surface area contributed by atoms with Gasteiger partial charge in [0.1, 0.15) is 0 Å². The van der Waals surface area contributed by atoms with E-state index in [0.29, 0.717) is 17.3 Å². The van der Waals surface area contributed by atoms with Crippen molar-refractivity contribution >= 4 is 23.3 Å². The molecule has 1 fully saturated rings. The molecule has 0 radical (unpaired) electrons. The number of piperidine rings is 1. The minimum Gasteiger partial charge on any atom is -0.351 e. The predicted molar refractivity (Wildman–Crippen MR) is 78.5 cm³/mol. The van der Waals surface area contributed by atoms with E-state index in [1.807, 2.05) is 0 Å². The first-order chi connectivity index (χ1) is 9.54. The van der Waals surface area contributed by atoms with Gasteiger partial charge in [-0.05, 0) is 43.5 Å². The van der Waals surface area contributed by atoms with Crippen LogP contribution < -0.4 is 21.7 Å². The number of anilines is 2. The third kappa shape index (κ3) is 3.96. The molecule has 108 valence electrons. The van der Waals surface area contributed by atoms with E-state index in [4.69, 9.17) is 5.73 Å². The zero-order valence-corrected chi connectivity index (χ0v) is 11.5. The van der Waals surface area contributed by atoms with Gasteiger partial charge in [-0.2, -0.15) is 0 Å². The summed E-state index contributed by atoms with van der Waals surface area (Å²) in [7, 11) is 0. The second-order valence-corrected chi connectivity index (χ2v) is 5.20. The quantitative estimate of drug-likeness (QED) is 0.673. The van der Waals surface area contributed by atoms with E-state index in [-0.39, 0.29) is 11.9 Å². The van der Waals surface area contributed by atoms with E-state index < -0.39 is 6.03 Å². The number of carbonyl (C=O) groups excluding carboxylic acids is 2. The molecule has 1 saturated heterocycles. The molecule has 1 heterocycles. The summed E-state index contributed by atoms with van der Waals surface area (Å²) in [6.45, 7) is 3.01. The number of hydrogen-bond donors (Lipinski definition) is 4. The van der Waals surface area contributed by atoms with Crippen LogP contribution in [0.5, 0.6) is 0 Å². The largest absolute Gasteiger partial charge is 0.351 e. The Balaban J connectivity index is 1.98. The third-order valence-corrected chi connectivity index (χ3v) is 3.38. The molecule has 0 aliphatic carbocycles. The highest BCUT2D eigenvalue weighted by Crippen LogP contribution is 2.18. The van der Waals surface area contributed by atoms with Gasteiger partial charge in [0, 0.05) is 11.4 Å². The lowest BCUT2D eigenvalue weighted by Gasteiger charge is -2.27. The van der Waals surface area contributed by atoms with E-state index in [9.17, 15) is 9.59 Å². The molecule has 1 aromatic rings. The van der Waals surface area contributed by atoms with Crippen LogP contribution in [0.4, 0.5) is 16.2 Å². The van der Waals surface area contributed by atoms with Crippen LogP contribution in [-0.4, -0.2) is 24.5 Å². The van der Waals surface area contributed by atoms with Crippen LogP contribution in [0.25, 0.3) is 0 Å². The van der Waals surface area contributed by atoms with Crippen molar-refractivity contribution in [2.24, 2.45) is 11.7 Å². The van der Waals surface area contributed by atoms with Crippen molar-refractivity contribution in [3.63, 3.8) is 0 Å². The third-order valence-electron chi connectivity index (χ3n) is 3.38. The first kappa shape index (κ1) is 14.3. The molecule has 0 aromatic heterocycles. The van der Waals surface area contributed by atoms with Gasteiger partial charge in [-0.25, -0.2) is 4.79 Å². The van der Waals surface area contributed by atoms with Crippen molar-refractivity contribution < 1.29 is 9.59 Å². The van der Waals surface area contributed by atoms with Gasteiger partial charge >= 0.3 is 6.03 Å². The van der Waals surface area contributed by atoms with Gasteiger partial charge in [0.2, 0.25) is 5.91 Å². The SMILES string of the molecule is CC1CCNC(C(=O)Nc2cccc(NC(N)=O)c2)C1. The summed E-state index contributed by atoms with van der Waals surface area (Å²) in [4.78, 5) is 23.0. The van der Waals surface area contributed by atoms with Crippen LogP contribution in [0.3, 0.4) is 0 Å². The number of rotatable bonds is 3. The predicted octanol–water partition coefficient (Wildman–Crippen LogP) is 1.50. The topological polar surface area (TPSA) is 96.2 Å². The lowest BCUT2D eigenvalue weighted by molar-refractivity contribution is -0.119. The van der Waals surface area contributed by atoms with Gasteiger partial charge in [-0.1, -0.05) is 13.0 Å². The first-order valence-electron chi connectivity index (χ1n) is 6.75. The number of primary amides is 1. The molecular formula is C14H20N4O2. The van der Waals surface area contributed by atoms with Crippen molar-refractivity contribution in [1.82, 2.24) is 5.32 Å². The van der Waals surface area contributed by atoms with Crippen molar-refractivity contribution in [3.8, 4) is 0 Å². The van der Waals surface area contributed by atoms with Gasteiger partial charge < -0.3 is 21.7 Å². The number of amides is 3. The zero-order valence-electron chi connectivity index (χ0n) is 11.5. The van der Waals surface area contributed by atoms with Gasteiger partial charge in [0.15, 0.2) is 0 Å². The average molecular weight is 276 g/mol. The summed E-state index contributed by atoms with van der Waals surface area (Å²) in [5.74, 6) is 0.502. The maximum atomic E-state index is 12.2. The van der Waals surface area contributed by atoms with Gasteiger partial charge in [0.25, 0.3) is 0 Å². The van der Waals surface area contributed by atoms with Gasteiger partial charge in [0.05, 0.1) is 6.04 Å². The molecule has 0 saturated carbocycles. The van der Waals surface area contributed by atoms with Crippen LogP contribution in [0.1, 0.15) is 19.8 Å². The normalized spacial score (nSPS) is 22.1. The van der Waals surface area contributed by atoms with Crippen LogP contribution in [0.2, 0.25) is 0 Å². The average Bonchev–Trinajstić information content (AvgIpc) is 2.38. The second-order valence-electron chi connectivity index (χ2n) is 5.20. The minimum absolute atomic E-state index is 0.0484. The number of nitrogens with one attached hydrogen (secondary N) is 3. The summed E-state index contributed by atoms with van der Waals surface area (Å²) in [5.41, 5.74) is 6.26. The Kier molecular flexibility index (Phi) is 4.57. The van der Waals surface area contributed by atoms with Crippen LogP contribution in [-0.2, 0) is 4.79 Å². The number of urea groups is 1. The lowest BCUT2D eigenvalue weighted by atomic mass is 9.94. The van der Waals surface area contributed by atoms with Crippen molar-refractivity contribution in [1.29, 1.82) is 0 Å². The molecule has 6 nitrogen and oxygen atoms in total. The Bertz CT molecular complexity index is 504. The van der Waals surface area contributed by atoms with E-state index >= 15 is 0 Å². The Hall–Kier alpha value is -2.08. The fourth-order valence-electron chi connectivity index (χ4n) is 2.35. The highest BCUT2D eigenvalue weighted by atomic mass is 16.2. The fourth-order valence-corrected chi connectivity index (χ4v) is 2.35.